The van der Waals surface area contributed by atoms with Crippen molar-refractivity contribution >= 4 is 12.0 Å². The second-order valence-corrected chi connectivity index (χ2v) is 8.13. The van der Waals surface area contributed by atoms with Gasteiger partial charge in [-0.15, -0.1) is 0 Å². The number of aromatic nitrogens is 2. The molecule has 0 aliphatic carbocycles. The molecule has 0 aliphatic rings. The van der Waals surface area contributed by atoms with Crippen LogP contribution in [0.1, 0.15) is 16.7 Å². The zero-order chi connectivity index (χ0) is 25.3. The zero-order valence-electron chi connectivity index (χ0n) is 20.0. The van der Waals surface area contributed by atoms with Gasteiger partial charge in [-0.25, -0.2) is 4.68 Å². The van der Waals surface area contributed by atoms with Crippen LogP contribution in [0.4, 0.5) is 0 Å². The van der Waals surface area contributed by atoms with Crippen LogP contribution in [0.25, 0.3) is 23.0 Å². The lowest BCUT2D eigenvalue weighted by Gasteiger charge is -2.09. The number of ether oxygens (including phenoxy) is 1. The molecule has 0 atom stereocenters. The van der Waals surface area contributed by atoms with Crippen molar-refractivity contribution in [2.24, 2.45) is 0 Å². The van der Waals surface area contributed by atoms with Crippen LogP contribution in [-0.2, 0) is 11.3 Å². The summed E-state index contributed by atoms with van der Waals surface area (Å²) >= 11 is 0. The largest absolute Gasteiger partial charge is 0.490 e. The van der Waals surface area contributed by atoms with Gasteiger partial charge in [-0.3, -0.25) is 4.79 Å². The van der Waals surface area contributed by atoms with E-state index >= 15 is 0 Å². The van der Waals surface area contributed by atoms with Gasteiger partial charge in [-0.1, -0.05) is 61.2 Å². The summed E-state index contributed by atoms with van der Waals surface area (Å²) in [6.45, 7) is 6.41. The lowest BCUT2D eigenvalue weighted by Crippen LogP contribution is -2.23. The van der Waals surface area contributed by atoms with Gasteiger partial charge in [0.25, 0.3) is 5.91 Å². The number of carbonyl (C=O) groups excluding carboxylic acids is 1. The highest BCUT2D eigenvalue weighted by molar-refractivity contribution is 6.02. The number of benzene rings is 3. The summed E-state index contributed by atoms with van der Waals surface area (Å²) < 4.78 is 7.41. The van der Waals surface area contributed by atoms with Gasteiger partial charge in [0.1, 0.15) is 29.7 Å². The summed E-state index contributed by atoms with van der Waals surface area (Å²) in [6.07, 6.45) is 5.11. The number of hydrogen-bond acceptors (Lipinski definition) is 4. The Morgan fingerprint density at radius 3 is 2.50 bits per heavy atom. The van der Waals surface area contributed by atoms with Crippen molar-refractivity contribution in [3.05, 3.63) is 120 Å². The molecule has 0 radical (unpaired) electrons. The molecule has 0 spiro atoms. The maximum absolute atomic E-state index is 12.8. The van der Waals surface area contributed by atoms with Crippen LogP contribution in [-0.4, -0.2) is 22.3 Å². The summed E-state index contributed by atoms with van der Waals surface area (Å²) in [5, 5.41) is 17.4. The molecule has 6 heteroatoms. The van der Waals surface area contributed by atoms with Crippen LogP contribution < -0.4 is 10.1 Å². The Hall–Kier alpha value is -4.89. The van der Waals surface area contributed by atoms with E-state index in [0.717, 1.165) is 28.1 Å². The Morgan fingerprint density at radius 1 is 1.11 bits per heavy atom. The predicted molar refractivity (Wildman–Crippen MR) is 141 cm³/mol. The third kappa shape index (κ3) is 5.78. The third-order valence-corrected chi connectivity index (χ3v) is 5.54. The first-order valence-corrected chi connectivity index (χ1v) is 11.5. The number of rotatable bonds is 9. The smallest absolute Gasteiger partial charge is 0.262 e. The second kappa shape index (κ2) is 11.5. The van der Waals surface area contributed by atoms with Crippen molar-refractivity contribution in [3.63, 3.8) is 0 Å². The van der Waals surface area contributed by atoms with E-state index in [9.17, 15) is 10.1 Å². The number of aryl methyl sites for hydroxylation is 1. The molecule has 3 aromatic carbocycles. The number of nitrogens with one attached hydrogen (secondary N) is 1. The molecule has 0 fully saturated rings. The van der Waals surface area contributed by atoms with Crippen molar-refractivity contribution in [3.8, 4) is 28.8 Å². The number of hydrogen-bond donors (Lipinski definition) is 1. The van der Waals surface area contributed by atoms with Crippen LogP contribution >= 0.6 is 0 Å². The molecule has 36 heavy (non-hydrogen) atoms. The first-order chi connectivity index (χ1) is 17.6. The van der Waals surface area contributed by atoms with Crippen molar-refractivity contribution < 1.29 is 9.53 Å². The zero-order valence-corrected chi connectivity index (χ0v) is 20.0. The minimum absolute atomic E-state index is 0.00313. The lowest BCUT2D eigenvalue weighted by molar-refractivity contribution is -0.117. The molecular formula is C30H26N4O2. The van der Waals surface area contributed by atoms with Gasteiger partial charge in [0, 0.05) is 23.9 Å². The molecule has 0 aliphatic heterocycles. The maximum atomic E-state index is 12.8. The van der Waals surface area contributed by atoms with E-state index in [1.165, 1.54) is 0 Å². The molecule has 1 amide bonds. The fraction of sp³-hybridized carbons (Fsp3) is 0.100. The number of para-hydroxylation sites is 1. The van der Waals surface area contributed by atoms with Crippen molar-refractivity contribution in [1.29, 1.82) is 5.26 Å². The van der Waals surface area contributed by atoms with Crippen molar-refractivity contribution in [2.75, 3.05) is 6.61 Å². The number of carbonyl (C=O) groups is 1. The first-order valence-electron chi connectivity index (χ1n) is 11.5. The molecule has 4 aromatic rings. The molecule has 0 saturated heterocycles. The average Bonchev–Trinajstić information content (AvgIpc) is 3.33. The van der Waals surface area contributed by atoms with Crippen LogP contribution in [0, 0.1) is 18.3 Å². The highest BCUT2D eigenvalue weighted by Gasteiger charge is 2.17. The Bertz CT molecular complexity index is 1430. The van der Waals surface area contributed by atoms with Gasteiger partial charge in [0.2, 0.25) is 0 Å². The van der Waals surface area contributed by atoms with E-state index in [4.69, 9.17) is 9.84 Å². The van der Waals surface area contributed by atoms with Gasteiger partial charge in [-0.05, 0) is 54.5 Å². The van der Waals surface area contributed by atoms with Crippen LogP contribution in [0.5, 0.6) is 5.75 Å². The van der Waals surface area contributed by atoms with E-state index in [1.807, 2.05) is 98.1 Å². The van der Waals surface area contributed by atoms with Crippen LogP contribution in [0.15, 0.2) is 103 Å². The fourth-order valence-electron chi connectivity index (χ4n) is 3.74. The Kier molecular flexibility index (Phi) is 7.74. The third-order valence-electron chi connectivity index (χ3n) is 5.54. The second-order valence-electron chi connectivity index (χ2n) is 8.13. The monoisotopic (exact) mass is 474 g/mol. The molecule has 0 saturated carbocycles. The van der Waals surface area contributed by atoms with Crippen molar-refractivity contribution in [1.82, 2.24) is 15.1 Å². The molecule has 1 aromatic heterocycles. The van der Waals surface area contributed by atoms with Crippen LogP contribution in [0.2, 0.25) is 0 Å². The van der Waals surface area contributed by atoms with Gasteiger partial charge in [0.15, 0.2) is 0 Å². The summed E-state index contributed by atoms with van der Waals surface area (Å²) in [5.41, 5.74) is 4.98. The Morgan fingerprint density at radius 2 is 1.83 bits per heavy atom. The van der Waals surface area contributed by atoms with Crippen LogP contribution in [0.3, 0.4) is 0 Å². The van der Waals surface area contributed by atoms with E-state index < -0.39 is 5.91 Å². The minimum Gasteiger partial charge on any atom is -0.490 e. The van der Waals surface area contributed by atoms with Gasteiger partial charge >= 0.3 is 0 Å². The first kappa shape index (κ1) is 24.2. The molecule has 178 valence electrons. The predicted octanol–water partition coefficient (Wildman–Crippen LogP) is 5.64. The summed E-state index contributed by atoms with van der Waals surface area (Å²) in [6, 6.07) is 27.0. The van der Waals surface area contributed by atoms with Crippen molar-refractivity contribution in [2.45, 2.75) is 13.5 Å². The summed E-state index contributed by atoms with van der Waals surface area (Å²) in [7, 11) is 0. The topological polar surface area (TPSA) is 79.9 Å². The fourth-order valence-corrected chi connectivity index (χ4v) is 3.74. The molecule has 0 unspecified atom stereocenters. The molecule has 1 N–H and O–H groups in total. The molecule has 6 nitrogen and oxygen atoms in total. The highest BCUT2D eigenvalue weighted by atomic mass is 16.5. The quantitative estimate of drug-likeness (QED) is 0.194. The van der Waals surface area contributed by atoms with Gasteiger partial charge < -0.3 is 10.1 Å². The Labute approximate surface area is 210 Å². The molecular weight excluding hydrogens is 448 g/mol. The number of amides is 1. The number of nitriles is 1. The van der Waals surface area contributed by atoms with E-state index in [0.29, 0.717) is 24.4 Å². The SMILES string of the molecule is C=CCOc1ccc(-c2nn(-c3ccccc3)cc2C=C(C#N)C(=O)NCc2ccccc2)c(C)c1. The van der Waals surface area contributed by atoms with Gasteiger partial charge in [0.05, 0.1) is 5.69 Å². The standard InChI is InChI=1S/C30H26N4O2/c1-3-16-36-27-14-15-28(22(2)17-27)29-25(21-34(33-29)26-12-8-5-9-13-26)18-24(19-31)30(35)32-20-23-10-6-4-7-11-23/h3-15,17-18,21H,1,16,20H2,2H3,(H,32,35). The average molecular weight is 475 g/mol. The van der Waals surface area contributed by atoms with E-state index in [1.54, 1.807) is 16.8 Å². The normalized spacial score (nSPS) is 10.9. The lowest BCUT2D eigenvalue weighted by atomic mass is 10.0. The molecule has 1 heterocycles. The van der Waals surface area contributed by atoms with E-state index in [-0.39, 0.29) is 5.57 Å². The summed E-state index contributed by atoms with van der Waals surface area (Å²) in [5.74, 6) is 0.290. The minimum atomic E-state index is -0.440. The Balaban J connectivity index is 1.71. The number of nitrogens with zero attached hydrogens (tertiary/aromatic N) is 3. The maximum Gasteiger partial charge on any atom is 0.262 e. The van der Waals surface area contributed by atoms with E-state index in [2.05, 4.69) is 11.9 Å². The molecule has 4 rings (SSSR count). The highest BCUT2D eigenvalue weighted by Crippen LogP contribution is 2.30. The van der Waals surface area contributed by atoms with Gasteiger partial charge in [-0.2, -0.15) is 10.4 Å². The molecule has 0 bridgehead atoms. The summed E-state index contributed by atoms with van der Waals surface area (Å²) in [4.78, 5) is 12.8.